The van der Waals surface area contributed by atoms with E-state index in [-0.39, 0.29) is 11.8 Å². The Labute approximate surface area is 193 Å². The van der Waals surface area contributed by atoms with E-state index in [4.69, 9.17) is 4.52 Å². The maximum absolute atomic E-state index is 13.3. The number of hydrogen-bond donors (Lipinski definition) is 1. The summed E-state index contributed by atoms with van der Waals surface area (Å²) in [7, 11) is 0. The Bertz CT molecular complexity index is 1530. The number of hydrogen-bond acceptors (Lipinski definition) is 6. The van der Waals surface area contributed by atoms with Crippen LogP contribution in [-0.4, -0.2) is 36.8 Å². The first-order valence-electron chi connectivity index (χ1n) is 10.8. The molecular formula is C25H19FN6O2. The van der Waals surface area contributed by atoms with Gasteiger partial charge < -0.3 is 9.84 Å². The zero-order valence-electron chi connectivity index (χ0n) is 18.1. The average molecular weight is 454 g/mol. The zero-order valence-corrected chi connectivity index (χ0v) is 18.1. The normalized spacial score (nSPS) is 17.1. The Morgan fingerprint density at radius 2 is 2.00 bits per heavy atom. The van der Waals surface area contributed by atoms with Crippen molar-refractivity contribution < 1.29 is 13.7 Å². The summed E-state index contributed by atoms with van der Waals surface area (Å²) in [4.78, 5) is 21.6. The summed E-state index contributed by atoms with van der Waals surface area (Å²) in [5, 5.41) is 11.3. The smallest absolute Gasteiger partial charge is 0.259 e. The summed E-state index contributed by atoms with van der Waals surface area (Å²) in [6, 6.07) is 13.1. The van der Waals surface area contributed by atoms with Crippen LogP contribution in [0.15, 0.2) is 71.8 Å². The minimum Gasteiger partial charge on any atom is -0.339 e. The van der Waals surface area contributed by atoms with Crippen LogP contribution in [0, 0.1) is 6.92 Å². The molecule has 0 aliphatic heterocycles. The second-order valence-corrected chi connectivity index (χ2v) is 8.35. The molecule has 0 spiro atoms. The quantitative estimate of drug-likeness (QED) is 0.408. The molecule has 9 heteroatoms. The van der Waals surface area contributed by atoms with Crippen molar-refractivity contribution in [3.05, 3.63) is 84.3 Å². The first-order valence-corrected chi connectivity index (χ1v) is 10.8. The summed E-state index contributed by atoms with van der Waals surface area (Å²) >= 11 is 0. The number of aryl methyl sites for hydroxylation is 1. The van der Waals surface area contributed by atoms with Gasteiger partial charge in [-0.25, -0.2) is 8.91 Å². The van der Waals surface area contributed by atoms with Crippen molar-refractivity contribution >= 4 is 17.1 Å². The first kappa shape index (κ1) is 20.2. The molecule has 0 bridgehead atoms. The number of aromatic nitrogens is 5. The van der Waals surface area contributed by atoms with E-state index in [1.54, 1.807) is 29.2 Å². The Morgan fingerprint density at radius 3 is 2.79 bits per heavy atom. The SMILES string of the molecule is Cc1ccc(-c2noc([C@H]3C[C@@H]3F)n2)cc1NC(=O)c1cnn2cc(-c3cccnc3)ccc12. The minimum absolute atomic E-state index is 0.281. The number of halogens is 1. The number of fused-ring (bicyclic) bond motifs is 1. The number of anilines is 1. The van der Waals surface area contributed by atoms with Gasteiger partial charge >= 0.3 is 0 Å². The number of rotatable bonds is 5. The monoisotopic (exact) mass is 454 g/mol. The molecule has 168 valence electrons. The molecule has 8 nitrogen and oxygen atoms in total. The van der Waals surface area contributed by atoms with E-state index >= 15 is 0 Å². The van der Waals surface area contributed by atoms with E-state index < -0.39 is 6.17 Å². The van der Waals surface area contributed by atoms with Crippen molar-refractivity contribution in [2.75, 3.05) is 5.32 Å². The van der Waals surface area contributed by atoms with Crippen molar-refractivity contribution in [3.8, 4) is 22.5 Å². The van der Waals surface area contributed by atoms with Crippen molar-refractivity contribution in [1.82, 2.24) is 24.7 Å². The third kappa shape index (κ3) is 3.61. The lowest BCUT2D eigenvalue weighted by atomic mass is 10.1. The summed E-state index contributed by atoms with van der Waals surface area (Å²) in [6.45, 7) is 1.90. The zero-order chi connectivity index (χ0) is 23.2. The third-order valence-electron chi connectivity index (χ3n) is 5.97. The van der Waals surface area contributed by atoms with Gasteiger partial charge in [-0.15, -0.1) is 0 Å². The van der Waals surface area contributed by atoms with E-state index in [9.17, 15) is 9.18 Å². The fraction of sp³-hybridized carbons (Fsp3) is 0.160. The van der Waals surface area contributed by atoms with Crippen LogP contribution in [0.4, 0.5) is 10.1 Å². The largest absolute Gasteiger partial charge is 0.339 e. The van der Waals surface area contributed by atoms with Crippen molar-refractivity contribution in [2.24, 2.45) is 0 Å². The molecule has 34 heavy (non-hydrogen) atoms. The molecule has 1 aromatic carbocycles. The number of benzene rings is 1. The Balaban J connectivity index is 1.26. The Morgan fingerprint density at radius 1 is 1.15 bits per heavy atom. The van der Waals surface area contributed by atoms with Gasteiger partial charge in [-0.3, -0.25) is 9.78 Å². The lowest BCUT2D eigenvalue weighted by Crippen LogP contribution is -2.12. The highest BCUT2D eigenvalue weighted by atomic mass is 19.1. The van der Waals surface area contributed by atoms with Crippen molar-refractivity contribution in [1.29, 1.82) is 0 Å². The second-order valence-electron chi connectivity index (χ2n) is 8.35. The van der Waals surface area contributed by atoms with Gasteiger partial charge in [0.2, 0.25) is 11.7 Å². The lowest BCUT2D eigenvalue weighted by molar-refractivity contribution is 0.102. The average Bonchev–Trinajstić information content (AvgIpc) is 3.25. The predicted octanol–water partition coefficient (Wildman–Crippen LogP) is 4.83. The van der Waals surface area contributed by atoms with Gasteiger partial charge in [-0.2, -0.15) is 10.1 Å². The predicted molar refractivity (Wildman–Crippen MR) is 123 cm³/mol. The summed E-state index contributed by atoms with van der Waals surface area (Å²) in [6.07, 6.45) is 6.42. The lowest BCUT2D eigenvalue weighted by Gasteiger charge is -2.09. The maximum atomic E-state index is 13.3. The molecule has 0 saturated heterocycles. The van der Waals surface area contributed by atoms with Crippen LogP contribution in [0.25, 0.3) is 28.0 Å². The van der Waals surface area contributed by atoms with Gasteiger partial charge in [0.25, 0.3) is 5.91 Å². The molecule has 1 aliphatic carbocycles. The molecule has 4 aromatic heterocycles. The van der Waals surface area contributed by atoms with E-state index in [2.05, 4.69) is 25.5 Å². The second kappa shape index (κ2) is 7.87. The van der Waals surface area contributed by atoms with Gasteiger partial charge in [0.1, 0.15) is 6.17 Å². The van der Waals surface area contributed by atoms with Crippen LogP contribution in [-0.2, 0) is 0 Å². The molecule has 0 unspecified atom stereocenters. The number of carbonyl (C=O) groups is 1. The number of amides is 1. The van der Waals surface area contributed by atoms with Crippen molar-refractivity contribution in [2.45, 2.75) is 25.4 Å². The fourth-order valence-corrected chi connectivity index (χ4v) is 3.87. The molecule has 4 heterocycles. The van der Waals surface area contributed by atoms with Gasteiger partial charge in [0, 0.05) is 41.0 Å². The third-order valence-corrected chi connectivity index (χ3v) is 5.97. The Hall–Kier alpha value is -4.40. The first-order chi connectivity index (χ1) is 16.6. The van der Waals surface area contributed by atoms with Crippen LogP contribution >= 0.6 is 0 Å². The van der Waals surface area contributed by atoms with E-state index in [0.29, 0.717) is 40.5 Å². The molecule has 1 saturated carbocycles. The van der Waals surface area contributed by atoms with Gasteiger partial charge in [-0.1, -0.05) is 29.4 Å². The molecule has 5 aromatic rings. The molecule has 1 N–H and O–H groups in total. The molecule has 1 fully saturated rings. The summed E-state index contributed by atoms with van der Waals surface area (Å²) in [5.41, 5.74) is 5.22. The van der Waals surface area contributed by atoms with E-state index in [1.165, 1.54) is 0 Å². The molecular weight excluding hydrogens is 435 g/mol. The molecule has 1 aliphatic rings. The van der Waals surface area contributed by atoms with E-state index in [1.807, 2.05) is 49.5 Å². The van der Waals surface area contributed by atoms with Crippen LogP contribution in [0.2, 0.25) is 0 Å². The summed E-state index contributed by atoms with van der Waals surface area (Å²) in [5.74, 6) is 0.0887. The Kier molecular flexibility index (Phi) is 4.68. The topological polar surface area (TPSA) is 98.2 Å². The van der Waals surface area contributed by atoms with Gasteiger partial charge in [0.15, 0.2) is 0 Å². The minimum atomic E-state index is -0.910. The summed E-state index contributed by atoms with van der Waals surface area (Å²) < 4.78 is 20.2. The number of alkyl halides is 1. The van der Waals surface area contributed by atoms with Gasteiger partial charge in [0.05, 0.1) is 23.2 Å². The highest BCUT2D eigenvalue weighted by Crippen LogP contribution is 2.43. The molecule has 2 atom stereocenters. The van der Waals surface area contributed by atoms with Crippen LogP contribution < -0.4 is 5.32 Å². The van der Waals surface area contributed by atoms with Crippen molar-refractivity contribution in [3.63, 3.8) is 0 Å². The number of nitrogens with zero attached hydrogens (tertiary/aromatic N) is 5. The fourth-order valence-electron chi connectivity index (χ4n) is 3.87. The molecule has 1 amide bonds. The molecule has 0 radical (unpaired) electrons. The standard InChI is InChI=1S/C25H19FN6O2/c1-14-4-5-15(23-30-25(34-31-23)18-10-20(18)26)9-21(14)29-24(33)19-12-28-32-13-17(6-7-22(19)32)16-3-2-8-27-11-16/h2-9,11-13,18,20H,10H2,1H3,(H,29,33)/t18-,20-/m0/s1. The molecule has 6 rings (SSSR count). The number of carbonyl (C=O) groups excluding carboxylic acids is 1. The number of nitrogens with one attached hydrogen (secondary N) is 1. The van der Waals surface area contributed by atoms with Crippen LogP contribution in [0.1, 0.15) is 34.2 Å². The van der Waals surface area contributed by atoms with Gasteiger partial charge in [-0.05, 0) is 37.1 Å². The maximum Gasteiger partial charge on any atom is 0.259 e. The highest BCUT2D eigenvalue weighted by molar-refractivity contribution is 6.09. The van der Waals surface area contributed by atoms with E-state index in [0.717, 1.165) is 16.7 Å². The van der Waals surface area contributed by atoms with Crippen LogP contribution in [0.5, 0.6) is 0 Å². The highest BCUT2D eigenvalue weighted by Gasteiger charge is 2.43. The van der Waals surface area contributed by atoms with Crippen LogP contribution in [0.3, 0.4) is 0 Å². The number of pyridine rings is 2.